The summed E-state index contributed by atoms with van der Waals surface area (Å²) >= 11 is 0. The van der Waals surface area contributed by atoms with E-state index < -0.39 is 23.6 Å². The first-order chi connectivity index (χ1) is 11.8. The van der Waals surface area contributed by atoms with Crippen molar-refractivity contribution in [3.63, 3.8) is 0 Å². The Morgan fingerprint density at radius 1 is 0.960 bits per heavy atom. The van der Waals surface area contributed by atoms with Crippen LogP contribution in [0.5, 0.6) is 5.75 Å². The van der Waals surface area contributed by atoms with Crippen LogP contribution < -0.4 is 9.64 Å². The molecule has 0 bridgehead atoms. The van der Waals surface area contributed by atoms with Crippen LogP contribution in [0.15, 0.2) is 42.5 Å². The molecule has 1 saturated carbocycles. The van der Waals surface area contributed by atoms with Crippen LogP contribution in [0.2, 0.25) is 0 Å². The molecule has 0 unspecified atom stereocenters. The van der Waals surface area contributed by atoms with Crippen molar-refractivity contribution in [2.45, 2.75) is 25.1 Å². The van der Waals surface area contributed by atoms with Gasteiger partial charge in [0, 0.05) is 6.07 Å². The normalized spacial score (nSPS) is 17.0. The first kappa shape index (κ1) is 15.7. The largest absolute Gasteiger partial charge is 0.490 e. The third kappa shape index (κ3) is 2.75. The van der Waals surface area contributed by atoms with Crippen molar-refractivity contribution in [1.29, 1.82) is 0 Å². The SMILES string of the molecule is O=C1c2ccccc2C(=O)N1c1cc(OC2CC2)cc(C(F)(F)F)c1. The lowest BCUT2D eigenvalue weighted by Crippen LogP contribution is -2.29. The number of hydrogen-bond donors (Lipinski definition) is 0. The summed E-state index contributed by atoms with van der Waals surface area (Å²) < 4.78 is 45.1. The zero-order chi connectivity index (χ0) is 17.8. The van der Waals surface area contributed by atoms with Crippen molar-refractivity contribution in [3.05, 3.63) is 59.2 Å². The van der Waals surface area contributed by atoms with Gasteiger partial charge >= 0.3 is 6.18 Å². The second-order valence-electron chi connectivity index (χ2n) is 6.02. The maximum absolute atomic E-state index is 13.2. The van der Waals surface area contributed by atoms with Gasteiger partial charge in [-0.15, -0.1) is 0 Å². The van der Waals surface area contributed by atoms with Crippen LogP contribution in [0, 0.1) is 0 Å². The number of rotatable bonds is 3. The fourth-order valence-corrected chi connectivity index (χ4v) is 2.75. The van der Waals surface area contributed by atoms with Gasteiger partial charge < -0.3 is 4.74 Å². The Bertz CT molecular complexity index is 852. The molecule has 1 aliphatic carbocycles. The summed E-state index contributed by atoms with van der Waals surface area (Å²) in [5.74, 6) is -1.28. The minimum Gasteiger partial charge on any atom is -0.490 e. The van der Waals surface area contributed by atoms with Gasteiger partial charge in [0.05, 0.1) is 28.5 Å². The summed E-state index contributed by atoms with van der Waals surface area (Å²) in [7, 11) is 0. The Morgan fingerprint density at radius 3 is 2.08 bits per heavy atom. The molecule has 0 spiro atoms. The number of nitrogens with zero attached hydrogens (tertiary/aromatic N) is 1. The number of carbonyl (C=O) groups is 2. The molecule has 0 saturated heterocycles. The molecule has 0 N–H and O–H groups in total. The van der Waals surface area contributed by atoms with Gasteiger partial charge in [0.1, 0.15) is 5.75 Å². The average molecular weight is 347 g/mol. The standard InChI is InChI=1S/C18H12F3NO3/c19-18(20,21)10-7-11(9-13(8-10)25-12-5-6-12)22-16(23)14-3-1-2-4-15(14)17(22)24/h1-4,7-9,12H,5-6H2. The molecule has 128 valence electrons. The quantitative estimate of drug-likeness (QED) is 0.787. The van der Waals surface area contributed by atoms with E-state index in [0.29, 0.717) is 0 Å². The summed E-state index contributed by atoms with van der Waals surface area (Å²) in [4.78, 5) is 25.8. The van der Waals surface area contributed by atoms with Gasteiger partial charge in [-0.2, -0.15) is 13.2 Å². The maximum Gasteiger partial charge on any atom is 0.416 e. The van der Waals surface area contributed by atoms with Gasteiger partial charge in [-0.05, 0) is 37.1 Å². The zero-order valence-electron chi connectivity index (χ0n) is 12.8. The lowest BCUT2D eigenvalue weighted by molar-refractivity contribution is -0.137. The Morgan fingerprint density at radius 2 is 1.56 bits per heavy atom. The van der Waals surface area contributed by atoms with E-state index in [9.17, 15) is 22.8 Å². The van der Waals surface area contributed by atoms with Crippen molar-refractivity contribution in [2.24, 2.45) is 0 Å². The van der Waals surface area contributed by atoms with Gasteiger partial charge in [0.2, 0.25) is 0 Å². The molecule has 2 aromatic rings. The van der Waals surface area contributed by atoms with Crippen LogP contribution in [0.1, 0.15) is 39.1 Å². The fraction of sp³-hybridized carbons (Fsp3) is 0.222. The molecule has 1 heterocycles. The summed E-state index contributed by atoms with van der Waals surface area (Å²) in [5, 5.41) is 0. The zero-order valence-corrected chi connectivity index (χ0v) is 12.8. The molecule has 2 amide bonds. The third-order valence-corrected chi connectivity index (χ3v) is 4.10. The van der Waals surface area contributed by atoms with Gasteiger partial charge in [-0.1, -0.05) is 12.1 Å². The number of hydrogen-bond acceptors (Lipinski definition) is 3. The average Bonchev–Trinajstić information content (AvgIpc) is 3.33. The van der Waals surface area contributed by atoms with Crippen LogP contribution in [-0.2, 0) is 6.18 Å². The van der Waals surface area contributed by atoms with E-state index in [4.69, 9.17) is 4.74 Å². The number of imide groups is 1. The lowest BCUT2D eigenvalue weighted by Gasteiger charge is -2.18. The molecule has 4 rings (SSSR count). The van der Waals surface area contributed by atoms with Crippen molar-refractivity contribution >= 4 is 17.5 Å². The second-order valence-corrected chi connectivity index (χ2v) is 6.02. The minimum absolute atomic E-state index is 0.00359. The number of anilines is 1. The molecular weight excluding hydrogens is 335 g/mol. The van der Waals surface area contributed by atoms with E-state index in [-0.39, 0.29) is 28.7 Å². The number of fused-ring (bicyclic) bond motifs is 1. The third-order valence-electron chi connectivity index (χ3n) is 4.10. The number of amides is 2. The van der Waals surface area contributed by atoms with E-state index in [2.05, 4.69) is 0 Å². The highest BCUT2D eigenvalue weighted by atomic mass is 19.4. The molecule has 0 atom stereocenters. The molecular formula is C18H12F3NO3. The predicted octanol–water partition coefficient (Wildman–Crippen LogP) is 4.05. The summed E-state index contributed by atoms with van der Waals surface area (Å²) in [6.45, 7) is 0. The molecule has 2 aromatic carbocycles. The molecule has 7 heteroatoms. The topological polar surface area (TPSA) is 46.6 Å². The van der Waals surface area contributed by atoms with E-state index in [1.54, 1.807) is 12.1 Å². The summed E-state index contributed by atoms with van der Waals surface area (Å²) in [5.41, 5.74) is -0.752. The lowest BCUT2D eigenvalue weighted by atomic mass is 10.1. The molecule has 4 nitrogen and oxygen atoms in total. The van der Waals surface area contributed by atoms with E-state index in [1.807, 2.05) is 0 Å². The fourth-order valence-electron chi connectivity index (χ4n) is 2.75. The Balaban J connectivity index is 1.79. The number of halogens is 3. The van der Waals surface area contributed by atoms with Crippen LogP contribution in [0.25, 0.3) is 0 Å². The smallest absolute Gasteiger partial charge is 0.416 e. The van der Waals surface area contributed by atoms with Crippen LogP contribution in [0.3, 0.4) is 0 Å². The van der Waals surface area contributed by atoms with Crippen molar-refractivity contribution in [2.75, 3.05) is 4.90 Å². The number of ether oxygens (including phenoxy) is 1. The second kappa shape index (κ2) is 5.34. The maximum atomic E-state index is 13.2. The highest BCUT2D eigenvalue weighted by Crippen LogP contribution is 2.39. The molecule has 1 aliphatic heterocycles. The predicted molar refractivity (Wildman–Crippen MR) is 82.7 cm³/mol. The highest BCUT2D eigenvalue weighted by Gasteiger charge is 2.39. The van der Waals surface area contributed by atoms with Crippen molar-refractivity contribution in [3.8, 4) is 5.75 Å². The van der Waals surface area contributed by atoms with Gasteiger partial charge in [0.25, 0.3) is 11.8 Å². The van der Waals surface area contributed by atoms with Crippen LogP contribution in [-0.4, -0.2) is 17.9 Å². The summed E-state index contributed by atoms with van der Waals surface area (Å²) in [6.07, 6.45) is -3.17. The first-order valence-electron chi connectivity index (χ1n) is 7.71. The van der Waals surface area contributed by atoms with Crippen molar-refractivity contribution < 1.29 is 27.5 Å². The monoisotopic (exact) mass is 347 g/mol. The first-order valence-corrected chi connectivity index (χ1v) is 7.71. The Kier molecular flexibility index (Phi) is 3.35. The molecule has 0 aromatic heterocycles. The van der Waals surface area contributed by atoms with Gasteiger partial charge in [0.15, 0.2) is 0 Å². The van der Waals surface area contributed by atoms with Crippen LogP contribution >= 0.6 is 0 Å². The summed E-state index contributed by atoms with van der Waals surface area (Å²) in [6, 6.07) is 9.13. The highest BCUT2D eigenvalue weighted by molar-refractivity contribution is 6.34. The Hall–Kier alpha value is -2.83. The van der Waals surface area contributed by atoms with Gasteiger partial charge in [-0.3, -0.25) is 9.59 Å². The van der Waals surface area contributed by atoms with E-state index in [1.165, 1.54) is 18.2 Å². The minimum atomic E-state index is -4.61. The Labute approximate surface area is 140 Å². The van der Waals surface area contributed by atoms with Gasteiger partial charge in [-0.25, -0.2) is 4.90 Å². The molecule has 2 aliphatic rings. The van der Waals surface area contributed by atoms with E-state index >= 15 is 0 Å². The number of benzene rings is 2. The number of alkyl halides is 3. The van der Waals surface area contributed by atoms with Crippen LogP contribution in [0.4, 0.5) is 18.9 Å². The van der Waals surface area contributed by atoms with Crippen molar-refractivity contribution in [1.82, 2.24) is 0 Å². The molecule has 25 heavy (non-hydrogen) atoms. The van der Waals surface area contributed by atoms with E-state index in [0.717, 1.165) is 29.9 Å². The molecule has 0 radical (unpaired) electrons. The number of carbonyl (C=O) groups excluding carboxylic acids is 2. The molecule has 1 fully saturated rings.